The van der Waals surface area contributed by atoms with Crippen LogP contribution in [0.3, 0.4) is 0 Å². The lowest BCUT2D eigenvalue weighted by molar-refractivity contribution is -0.113. The standard InChI is InChI=1S/C22H27N5OS/c1-16-9-8-12-19(17(16)2)23-20(28)15-29-22-25-24-21(18-10-4-3-5-11-18)27(22)26-13-6-7-14-26/h6-9,12-14,18H,3-5,10-11,15H2,1-2H3,(H,23,28). The van der Waals surface area contributed by atoms with Crippen LogP contribution < -0.4 is 5.32 Å². The number of nitrogens with zero attached hydrogens (tertiary/aromatic N) is 4. The zero-order valence-corrected chi connectivity index (χ0v) is 17.8. The van der Waals surface area contributed by atoms with Gasteiger partial charge in [-0.3, -0.25) is 9.47 Å². The Balaban J connectivity index is 1.50. The fourth-order valence-corrected chi connectivity index (χ4v) is 4.60. The molecular formula is C22H27N5OS. The van der Waals surface area contributed by atoms with E-state index in [9.17, 15) is 4.79 Å². The zero-order valence-electron chi connectivity index (χ0n) is 17.0. The Labute approximate surface area is 175 Å². The molecule has 3 aromatic rings. The quantitative estimate of drug-likeness (QED) is 0.595. The number of rotatable bonds is 6. The van der Waals surface area contributed by atoms with E-state index in [1.54, 1.807) is 0 Å². The summed E-state index contributed by atoms with van der Waals surface area (Å²) in [5, 5.41) is 12.7. The SMILES string of the molecule is Cc1cccc(NC(=O)CSc2nnc(C3CCCCC3)n2-n2cccc2)c1C. The molecule has 1 N–H and O–H groups in total. The summed E-state index contributed by atoms with van der Waals surface area (Å²) in [5.74, 6) is 1.68. The molecule has 0 saturated heterocycles. The highest BCUT2D eigenvalue weighted by atomic mass is 32.2. The molecule has 1 aliphatic carbocycles. The average Bonchev–Trinajstić information content (AvgIpc) is 3.40. The lowest BCUT2D eigenvalue weighted by Crippen LogP contribution is -2.19. The number of thioether (sulfide) groups is 1. The first kappa shape index (κ1) is 19.8. The van der Waals surface area contributed by atoms with Gasteiger partial charge in [0, 0.05) is 24.0 Å². The second kappa shape index (κ2) is 8.86. The maximum atomic E-state index is 12.6. The minimum absolute atomic E-state index is 0.0371. The van der Waals surface area contributed by atoms with Crippen LogP contribution in [0.2, 0.25) is 0 Å². The van der Waals surface area contributed by atoms with Gasteiger partial charge < -0.3 is 5.32 Å². The van der Waals surface area contributed by atoms with Crippen molar-refractivity contribution in [1.82, 2.24) is 19.5 Å². The second-order valence-electron chi connectivity index (χ2n) is 7.63. The number of carbonyl (C=O) groups is 1. The van der Waals surface area contributed by atoms with Gasteiger partial charge in [-0.25, -0.2) is 4.68 Å². The van der Waals surface area contributed by atoms with Crippen molar-refractivity contribution in [3.05, 3.63) is 59.7 Å². The summed E-state index contributed by atoms with van der Waals surface area (Å²) in [6, 6.07) is 9.93. The van der Waals surface area contributed by atoms with Crippen LogP contribution in [-0.2, 0) is 4.79 Å². The van der Waals surface area contributed by atoms with Crippen LogP contribution in [0.1, 0.15) is 55.0 Å². The Morgan fingerprint density at radius 1 is 1.10 bits per heavy atom. The van der Waals surface area contributed by atoms with Crippen LogP contribution in [-0.4, -0.2) is 31.2 Å². The monoisotopic (exact) mass is 409 g/mol. The largest absolute Gasteiger partial charge is 0.325 e. The van der Waals surface area contributed by atoms with E-state index >= 15 is 0 Å². The number of hydrogen-bond acceptors (Lipinski definition) is 4. The smallest absolute Gasteiger partial charge is 0.234 e. The van der Waals surface area contributed by atoms with Gasteiger partial charge in [0.25, 0.3) is 0 Å². The van der Waals surface area contributed by atoms with Crippen molar-refractivity contribution in [1.29, 1.82) is 0 Å². The van der Waals surface area contributed by atoms with Crippen molar-refractivity contribution in [2.45, 2.75) is 57.0 Å². The van der Waals surface area contributed by atoms with E-state index in [-0.39, 0.29) is 11.7 Å². The van der Waals surface area contributed by atoms with Crippen LogP contribution in [0, 0.1) is 13.8 Å². The third-order valence-electron chi connectivity index (χ3n) is 5.64. The van der Waals surface area contributed by atoms with E-state index in [0.29, 0.717) is 5.92 Å². The van der Waals surface area contributed by atoms with Gasteiger partial charge in [0.05, 0.1) is 5.75 Å². The molecular weight excluding hydrogens is 382 g/mol. The summed E-state index contributed by atoms with van der Waals surface area (Å²) in [6.45, 7) is 4.07. The maximum absolute atomic E-state index is 12.6. The van der Waals surface area contributed by atoms with Crippen molar-refractivity contribution in [3.63, 3.8) is 0 Å². The molecule has 2 aromatic heterocycles. The molecule has 7 heteroatoms. The third-order valence-corrected chi connectivity index (χ3v) is 6.56. The highest BCUT2D eigenvalue weighted by Gasteiger charge is 2.24. The first-order valence-corrected chi connectivity index (χ1v) is 11.2. The Kier molecular flexibility index (Phi) is 6.04. The summed E-state index contributed by atoms with van der Waals surface area (Å²) in [5.41, 5.74) is 3.13. The van der Waals surface area contributed by atoms with E-state index in [2.05, 4.69) is 20.2 Å². The highest BCUT2D eigenvalue weighted by molar-refractivity contribution is 7.99. The number of hydrogen-bond donors (Lipinski definition) is 1. The van der Waals surface area contributed by atoms with Crippen LogP contribution in [0.4, 0.5) is 5.69 Å². The lowest BCUT2D eigenvalue weighted by atomic mass is 9.89. The van der Waals surface area contributed by atoms with Crippen molar-refractivity contribution < 1.29 is 4.79 Å². The van der Waals surface area contributed by atoms with Crippen molar-refractivity contribution in [3.8, 4) is 0 Å². The van der Waals surface area contributed by atoms with Crippen molar-refractivity contribution in [2.75, 3.05) is 11.1 Å². The number of amides is 1. The van der Waals surface area contributed by atoms with Gasteiger partial charge in [-0.15, -0.1) is 10.2 Å². The van der Waals surface area contributed by atoms with Crippen molar-refractivity contribution in [2.24, 2.45) is 0 Å². The number of nitrogens with one attached hydrogen (secondary N) is 1. The van der Waals surface area contributed by atoms with Gasteiger partial charge in [-0.05, 0) is 56.0 Å². The molecule has 152 valence electrons. The minimum Gasteiger partial charge on any atom is -0.325 e. The predicted molar refractivity (Wildman–Crippen MR) is 116 cm³/mol. The average molecular weight is 410 g/mol. The molecule has 0 atom stereocenters. The van der Waals surface area contributed by atoms with E-state index < -0.39 is 0 Å². The Hall–Kier alpha value is -2.54. The number of aryl methyl sites for hydroxylation is 1. The first-order valence-electron chi connectivity index (χ1n) is 10.2. The van der Waals surface area contributed by atoms with Gasteiger partial charge in [0.15, 0.2) is 5.82 Å². The van der Waals surface area contributed by atoms with Gasteiger partial charge in [0.2, 0.25) is 11.1 Å². The van der Waals surface area contributed by atoms with Crippen LogP contribution >= 0.6 is 11.8 Å². The Morgan fingerprint density at radius 2 is 1.86 bits per heavy atom. The predicted octanol–water partition coefficient (Wildman–Crippen LogP) is 4.79. The van der Waals surface area contributed by atoms with Crippen LogP contribution in [0.5, 0.6) is 0 Å². The number of aromatic nitrogens is 4. The molecule has 0 bridgehead atoms. The molecule has 29 heavy (non-hydrogen) atoms. The number of anilines is 1. The number of benzene rings is 1. The zero-order chi connectivity index (χ0) is 20.2. The molecule has 0 radical (unpaired) electrons. The molecule has 0 aliphatic heterocycles. The van der Waals surface area contributed by atoms with Crippen molar-refractivity contribution >= 4 is 23.4 Å². The van der Waals surface area contributed by atoms with E-state index in [4.69, 9.17) is 0 Å². The molecule has 1 aliphatic rings. The summed E-state index contributed by atoms with van der Waals surface area (Å²) in [7, 11) is 0. The molecule has 0 spiro atoms. The third kappa shape index (κ3) is 4.40. The van der Waals surface area contributed by atoms with Crippen LogP contribution in [0.15, 0.2) is 47.9 Å². The molecule has 1 amide bonds. The molecule has 6 nitrogen and oxygen atoms in total. The molecule has 1 aromatic carbocycles. The fraction of sp³-hybridized carbons (Fsp3) is 0.409. The number of carbonyl (C=O) groups excluding carboxylic acids is 1. The van der Waals surface area contributed by atoms with Crippen LogP contribution in [0.25, 0.3) is 0 Å². The Morgan fingerprint density at radius 3 is 2.62 bits per heavy atom. The minimum atomic E-state index is -0.0371. The second-order valence-corrected chi connectivity index (χ2v) is 8.58. The van der Waals surface area contributed by atoms with Gasteiger partial charge in [-0.1, -0.05) is 43.2 Å². The van der Waals surface area contributed by atoms with Gasteiger partial charge >= 0.3 is 0 Å². The molecule has 2 heterocycles. The molecule has 4 rings (SSSR count). The molecule has 0 unspecified atom stereocenters. The Bertz CT molecular complexity index is 973. The lowest BCUT2D eigenvalue weighted by Gasteiger charge is -2.22. The summed E-state index contributed by atoms with van der Waals surface area (Å²) in [4.78, 5) is 12.6. The van der Waals surface area contributed by atoms with E-state index in [0.717, 1.165) is 35.1 Å². The summed E-state index contributed by atoms with van der Waals surface area (Å²) >= 11 is 1.42. The normalized spacial score (nSPS) is 14.8. The maximum Gasteiger partial charge on any atom is 0.234 e. The van der Waals surface area contributed by atoms with Gasteiger partial charge in [0.1, 0.15) is 0 Å². The first-order chi connectivity index (χ1) is 14.1. The topological polar surface area (TPSA) is 64.7 Å². The highest BCUT2D eigenvalue weighted by Crippen LogP contribution is 2.33. The van der Waals surface area contributed by atoms with E-state index in [1.807, 2.05) is 61.2 Å². The molecule has 1 fully saturated rings. The summed E-state index contributed by atoms with van der Waals surface area (Å²) < 4.78 is 4.07. The summed E-state index contributed by atoms with van der Waals surface area (Å²) in [6.07, 6.45) is 10.1. The van der Waals surface area contributed by atoms with E-state index in [1.165, 1.54) is 36.6 Å². The molecule has 1 saturated carbocycles. The van der Waals surface area contributed by atoms with Gasteiger partial charge in [-0.2, -0.15) is 0 Å². The fourth-order valence-electron chi connectivity index (χ4n) is 3.86.